The van der Waals surface area contributed by atoms with Gasteiger partial charge in [-0.2, -0.15) is 0 Å². The van der Waals surface area contributed by atoms with Gasteiger partial charge < -0.3 is 16.2 Å². The Balaban J connectivity index is 2.01. The SMILES string of the molecule is Cc1c(Cl)cccc1NC(=O)CN1CC(O)CC1C(N)=O. The number of nitrogens with one attached hydrogen (secondary N) is 1. The first kappa shape index (κ1) is 15.8. The lowest BCUT2D eigenvalue weighted by Crippen LogP contribution is -2.44. The maximum Gasteiger partial charge on any atom is 0.238 e. The molecule has 0 aromatic heterocycles. The first-order valence-electron chi connectivity index (χ1n) is 6.65. The summed E-state index contributed by atoms with van der Waals surface area (Å²) in [7, 11) is 0. The Labute approximate surface area is 127 Å². The van der Waals surface area contributed by atoms with E-state index in [-0.39, 0.29) is 25.4 Å². The zero-order chi connectivity index (χ0) is 15.6. The second-order valence-electron chi connectivity index (χ2n) is 5.20. The van der Waals surface area contributed by atoms with Gasteiger partial charge in [-0.25, -0.2) is 0 Å². The number of carbonyl (C=O) groups is 2. The summed E-state index contributed by atoms with van der Waals surface area (Å²) in [5.41, 5.74) is 6.69. The molecule has 0 saturated carbocycles. The summed E-state index contributed by atoms with van der Waals surface area (Å²) >= 11 is 6.00. The molecule has 1 aliphatic rings. The summed E-state index contributed by atoms with van der Waals surface area (Å²) in [5, 5.41) is 12.9. The number of anilines is 1. The van der Waals surface area contributed by atoms with E-state index in [2.05, 4.69) is 5.32 Å². The van der Waals surface area contributed by atoms with E-state index in [1.807, 2.05) is 6.92 Å². The number of halogens is 1. The molecule has 2 atom stereocenters. The summed E-state index contributed by atoms with van der Waals surface area (Å²) in [5.74, 6) is -0.806. The molecule has 4 N–H and O–H groups in total. The van der Waals surface area contributed by atoms with Crippen molar-refractivity contribution in [3.05, 3.63) is 28.8 Å². The van der Waals surface area contributed by atoms with E-state index < -0.39 is 18.1 Å². The lowest BCUT2D eigenvalue weighted by atomic mass is 10.2. The van der Waals surface area contributed by atoms with E-state index in [0.717, 1.165) is 5.56 Å². The number of amides is 2. The molecule has 2 amide bonds. The van der Waals surface area contributed by atoms with E-state index in [4.69, 9.17) is 17.3 Å². The van der Waals surface area contributed by atoms with Gasteiger partial charge in [0.15, 0.2) is 0 Å². The minimum Gasteiger partial charge on any atom is -0.392 e. The average molecular weight is 312 g/mol. The molecule has 1 fully saturated rings. The van der Waals surface area contributed by atoms with Gasteiger partial charge in [0, 0.05) is 17.3 Å². The van der Waals surface area contributed by atoms with Crippen LogP contribution in [0.4, 0.5) is 5.69 Å². The summed E-state index contributed by atoms with van der Waals surface area (Å²) in [4.78, 5) is 25.0. The van der Waals surface area contributed by atoms with Crippen molar-refractivity contribution in [1.82, 2.24) is 4.90 Å². The quantitative estimate of drug-likeness (QED) is 0.755. The summed E-state index contributed by atoms with van der Waals surface area (Å²) in [6.07, 6.45) is -0.373. The van der Waals surface area contributed by atoms with Crippen LogP contribution in [0.1, 0.15) is 12.0 Å². The summed E-state index contributed by atoms with van der Waals surface area (Å²) in [6.45, 7) is 2.07. The number of aliphatic hydroxyl groups is 1. The zero-order valence-electron chi connectivity index (χ0n) is 11.7. The molecule has 0 aliphatic carbocycles. The second-order valence-corrected chi connectivity index (χ2v) is 5.60. The van der Waals surface area contributed by atoms with E-state index >= 15 is 0 Å². The minimum absolute atomic E-state index is 0.00335. The van der Waals surface area contributed by atoms with Crippen molar-refractivity contribution in [3.8, 4) is 0 Å². The monoisotopic (exact) mass is 311 g/mol. The van der Waals surface area contributed by atoms with Crippen molar-refractivity contribution < 1.29 is 14.7 Å². The van der Waals surface area contributed by atoms with Crippen LogP contribution in [0.5, 0.6) is 0 Å². The highest BCUT2D eigenvalue weighted by Gasteiger charge is 2.35. The first-order valence-corrected chi connectivity index (χ1v) is 7.02. The molecule has 1 aliphatic heterocycles. The highest BCUT2D eigenvalue weighted by Crippen LogP contribution is 2.23. The van der Waals surface area contributed by atoms with Gasteiger partial charge in [0.1, 0.15) is 0 Å². The van der Waals surface area contributed by atoms with Gasteiger partial charge in [-0.1, -0.05) is 17.7 Å². The Hall–Kier alpha value is -1.63. The van der Waals surface area contributed by atoms with Crippen LogP contribution in [0.15, 0.2) is 18.2 Å². The molecule has 6 nitrogen and oxygen atoms in total. The van der Waals surface area contributed by atoms with E-state index in [9.17, 15) is 14.7 Å². The predicted molar refractivity (Wildman–Crippen MR) is 80.0 cm³/mol. The van der Waals surface area contributed by atoms with Crippen molar-refractivity contribution in [2.24, 2.45) is 5.73 Å². The van der Waals surface area contributed by atoms with Gasteiger partial charge in [0.2, 0.25) is 11.8 Å². The van der Waals surface area contributed by atoms with Crippen molar-refractivity contribution in [1.29, 1.82) is 0 Å². The third kappa shape index (κ3) is 3.72. The average Bonchev–Trinajstić information content (AvgIpc) is 2.76. The predicted octanol–water partition coefficient (Wildman–Crippen LogP) is 0.507. The highest BCUT2D eigenvalue weighted by atomic mass is 35.5. The van der Waals surface area contributed by atoms with Gasteiger partial charge >= 0.3 is 0 Å². The van der Waals surface area contributed by atoms with Crippen molar-refractivity contribution in [2.75, 3.05) is 18.4 Å². The highest BCUT2D eigenvalue weighted by molar-refractivity contribution is 6.31. The Morgan fingerprint density at radius 1 is 1.52 bits per heavy atom. The topological polar surface area (TPSA) is 95.7 Å². The Morgan fingerprint density at radius 2 is 2.24 bits per heavy atom. The Kier molecular flexibility index (Phi) is 4.82. The first-order chi connectivity index (χ1) is 9.88. The molecule has 0 spiro atoms. The number of β-amino-alcohol motifs (C(OH)–C–C–N with tert-alkyl or cyclic N) is 1. The second kappa shape index (κ2) is 6.43. The molecule has 0 bridgehead atoms. The van der Waals surface area contributed by atoms with Crippen LogP contribution < -0.4 is 11.1 Å². The molecule has 0 radical (unpaired) electrons. The van der Waals surface area contributed by atoms with Crippen LogP contribution in [0.2, 0.25) is 5.02 Å². The largest absolute Gasteiger partial charge is 0.392 e. The fourth-order valence-electron chi connectivity index (χ4n) is 2.47. The van der Waals surface area contributed by atoms with Crippen LogP contribution >= 0.6 is 11.6 Å². The number of nitrogens with zero attached hydrogens (tertiary/aromatic N) is 1. The molecule has 2 rings (SSSR count). The minimum atomic E-state index is -0.636. The molecule has 2 unspecified atom stereocenters. The van der Waals surface area contributed by atoms with Crippen LogP contribution in [0.3, 0.4) is 0 Å². The van der Waals surface area contributed by atoms with E-state index in [1.54, 1.807) is 23.1 Å². The molecular formula is C14H18ClN3O3. The number of primary amides is 1. The molecule has 114 valence electrons. The zero-order valence-corrected chi connectivity index (χ0v) is 12.4. The molecule has 7 heteroatoms. The maximum atomic E-state index is 12.1. The van der Waals surface area contributed by atoms with Crippen molar-refractivity contribution in [3.63, 3.8) is 0 Å². The number of carbonyl (C=O) groups excluding carboxylic acids is 2. The van der Waals surface area contributed by atoms with Crippen molar-refractivity contribution >= 4 is 29.1 Å². The van der Waals surface area contributed by atoms with Crippen LogP contribution in [0.25, 0.3) is 0 Å². The Morgan fingerprint density at radius 3 is 2.90 bits per heavy atom. The van der Waals surface area contributed by atoms with Crippen LogP contribution in [0, 0.1) is 6.92 Å². The molecular weight excluding hydrogens is 294 g/mol. The lowest BCUT2D eigenvalue weighted by Gasteiger charge is -2.21. The standard InChI is InChI=1S/C14H18ClN3O3/c1-8-10(15)3-2-4-11(8)17-13(20)7-18-6-9(19)5-12(18)14(16)21/h2-4,9,12,19H,5-7H2,1H3,(H2,16,21)(H,17,20). The fraction of sp³-hybridized carbons (Fsp3) is 0.429. The molecule has 1 aromatic rings. The molecule has 1 saturated heterocycles. The third-order valence-electron chi connectivity index (χ3n) is 3.60. The van der Waals surface area contributed by atoms with Gasteiger partial charge in [-0.15, -0.1) is 0 Å². The lowest BCUT2D eigenvalue weighted by molar-refractivity contribution is -0.123. The van der Waals surface area contributed by atoms with Gasteiger partial charge in [0.25, 0.3) is 0 Å². The molecule has 1 heterocycles. The van der Waals surface area contributed by atoms with Gasteiger partial charge in [-0.05, 0) is 31.0 Å². The number of hydrogen-bond donors (Lipinski definition) is 3. The van der Waals surface area contributed by atoms with Crippen LogP contribution in [-0.2, 0) is 9.59 Å². The van der Waals surface area contributed by atoms with E-state index in [1.165, 1.54) is 0 Å². The number of aliphatic hydroxyl groups excluding tert-OH is 1. The van der Waals surface area contributed by atoms with Gasteiger partial charge in [0.05, 0.1) is 18.7 Å². The molecule has 1 aromatic carbocycles. The number of hydrogen-bond acceptors (Lipinski definition) is 4. The third-order valence-corrected chi connectivity index (χ3v) is 4.01. The van der Waals surface area contributed by atoms with E-state index in [0.29, 0.717) is 10.7 Å². The maximum absolute atomic E-state index is 12.1. The fourth-order valence-corrected chi connectivity index (χ4v) is 2.64. The number of likely N-dealkylation sites (tertiary alicyclic amines) is 1. The van der Waals surface area contributed by atoms with Gasteiger partial charge in [-0.3, -0.25) is 14.5 Å². The number of nitrogens with two attached hydrogens (primary N) is 1. The summed E-state index contributed by atoms with van der Waals surface area (Å²) in [6, 6.07) is 4.64. The number of benzene rings is 1. The smallest absolute Gasteiger partial charge is 0.238 e. The van der Waals surface area contributed by atoms with Crippen LogP contribution in [-0.4, -0.2) is 47.1 Å². The normalized spacial score (nSPS) is 22.2. The summed E-state index contributed by atoms with van der Waals surface area (Å²) < 4.78 is 0. The Bertz CT molecular complexity index is 564. The molecule has 21 heavy (non-hydrogen) atoms. The van der Waals surface area contributed by atoms with Crippen molar-refractivity contribution in [2.45, 2.75) is 25.5 Å². The number of rotatable bonds is 4.